The van der Waals surface area contributed by atoms with E-state index in [1.54, 1.807) is 0 Å². The van der Waals surface area contributed by atoms with Crippen LogP contribution >= 0.6 is 0 Å². The summed E-state index contributed by atoms with van der Waals surface area (Å²) in [6, 6.07) is 0.296. The van der Waals surface area contributed by atoms with Gasteiger partial charge >= 0.3 is 0 Å². The molecule has 1 aliphatic carbocycles. The molecule has 0 aromatic rings. The molecule has 1 aliphatic heterocycles. The smallest absolute Gasteiger partial charge is 0.223 e. The Balaban J connectivity index is 1.64. The third-order valence-corrected chi connectivity index (χ3v) is 5.20. The topological polar surface area (TPSA) is 61.6 Å². The van der Waals surface area contributed by atoms with Gasteiger partial charge in [-0.25, -0.2) is 0 Å². The molecule has 3 N–H and O–H groups in total. The van der Waals surface area contributed by atoms with Gasteiger partial charge in [-0.05, 0) is 32.2 Å². The lowest BCUT2D eigenvalue weighted by atomic mass is 9.78. The molecule has 3 unspecified atom stereocenters. The average Bonchev–Trinajstić information content (AvgIpc) is 2.48. The molecule has 1 amide bonds. The van der Waals surface area contributed by atoms with Gasteiger partial charge < -0.3 is 16.0 Å². The van der Waals surface area contributed by atoms with Crippen LogP contribution in [0.2, 0.25) is 0 Å². The quantitative estimate of drug-likeness (QED) is 0.776. The molecule has 1 saturated heterocycles. The average molecular weight is 296 g/mol. The fourth-order valence-corrected chi connectivity index (χ4v) is 3.50. The number of carbonyl (C=O) groups is 1. The van der Waals surface area contributed by atoms with Crippen molar-refractivity contribution in [3.05, 3.63) is 0 Å². The van der Waals surface area contributed by atoms with Gasteiger partial charge in [0.2, 0.25) is 5.91 Å². The molecule has 3 atom stereocenters. The molecule has 21 heavy (non-hydrogen) atoms. The number of nitrogens with zero attached hydrogens (tertiary/aromatic N) is 2. The fourth-order valence-electron chi connectivity index (χ4n) is 3.50. The molecule has 5 nitrogen and oxygen atoms in total. The van der Waals surface area contributed by atoms with Gasteiger partial charge in [-0.2, -0.15) is 0 Å². The molecule has 0 aromatic heterocycles. The number of amides is 1. The zero-order valence-electron chi connectivity index (χ0n) is 13.7. The predicted molar refractivity (Wildman–Crippen MR) is 86.0 cm³/mol. The minimum atomic E-state index is 0.101. The van der Waals surface area contributed by atoms with Crippen molar-refractivity contribution < 1.29 is 4.79 Å². The van der Waals surface area contributed by atoms with E-state index in [2.05, 4.69) is 29.1 Å². The van der Waals surface area contributed by atoms with Crippen LogP contribution in [0.15, 0.2) is 0 Å². The van der Waals surface area contributed by atoms with E-state index in [0.29, 0.717) is 12.0 Å². The summed E-state index contributed by atoms with van der Waals surface area (Å²) >= 11 is 0. The monoisotopic (exact) mass is 296 g/mol. The molecule has 0 spiro atoms. The third-order valence-electron chi connectivity index (χ3n) is 5.20. The fraction of sp³-hybridized carbons (Fsp3) is 0.938. The number of nitrogens with two attached hydrogens (primary N) is 1. The van der Waals surface area contributed by atoms with E-state index >= 15 is 0 Å². The zero-order chi connectivity index (χ0) is 15.2. The number of hydrogen-bond acceptors (Lipinski definition) is 4. The first-order chi connectivity index (χ1) is 10.1. The Hall–Kier alpha value is -0.650. The molecule has 0 radical (unpaired) electrons. The molecule has 1 saturated carbocycles. The molecule has 2 aliphatic rings. The normalized spacial score (nSPS) is 30.0. The number of piperazine rings is 1. The standard InChI is InChI=1S/C16H32N4O/c1-13(14-4-3-5-15(17)12-14)16(21)18-6-7-20-10-8-19(2)9-11-20/h13-15H,3-12,17H2,1-2H3,(H,18,21). The van der Waals surface area contributed by atoms with E-state index in [1.807, 2.05) is 0 Å². The second kappa shape index (κ2) is 8.11. The number of likely N-dealkylation sites (N-methyl/N-ethyl adjacent to an activating group) is 1. The van der Waals surface area contributed by atoms with Gasteiger partial charge in [-0.3, -0.25) is 9.69 Å². The maximum Gasteiger partial charge on any atom is 0.223 e. The Labute approximate surface area is 129 Å². The van der Waals surface area contributed by atoms with E-state index in [4.69, 9.17) is 5.73 Å². The zero-order valence-corrected chi connectivity index (χ0v) is 13.7. The van der Waals surface area contributed by atoms with Gasteiger partial charge in [0.1, 0.15) is 0 Å². The van der Waals surface area contributed by atoms with Crippen molar-refractivity contribution in [2.24, 2.45) is 17.6 Å². The molecular weight excluding hydrogens is 264 g/mol. The van der Waals surface area contributed by atoms with Gasteiger partial charge in [0, 0.05) is 51.2 Å². The lowest BCUT2D eigenvalue weighted by Gasteiger charge is -2.33. The first kappa shape index (κ1) is 16.7. The van der Waals surface area contributed by atoms with Crippen LogP contribution in [0.1, 0.15) is 32.6 Å². The van der Waals surface area contributed by atoms with Crippen molar-refractivity contribution >= 4 is 5.91 Å². The molecule has 122 valence electrons. The van der Waals surface area contributed by atoms with Gasteiger partial charge in [-0.15, -0.1) is 0 Å². The molecule has 0 bridgehead atoms. The van der Waals surface area contributed by atoms with E-state index < -0.39 is 0 Å². The second-order valence-electron chi connectivity index (χ2n) is 6.91. The Morgan fingerprint density at radius 3 is 2.67 bits per heavy atom. The summed E-state index contributed by atoms with van der Waals surface area (Å²) < 4.78 is 0. The predicted octanol–water partition coefficient (Wildman–Crippen LogP) is 0.504. The molecule has 0 aromatic carbocycles. The van der Waals surface area contributed by atoms with Crippen LogP contribution < -0.4 is 11.1 Å². The number of nitrogens with one attached hydrogen (secondary N) is 1. The van der Waals surface area contributed by atoms with Crippen LogP contribution in [-0.4, -0.2) is 68.1 Å². The van der Waals surface area contributed by atoms with Crippen LogP contribution in [0.3, 0.4) is 0 Å². The lowest BCUT2D eigenvalue weighted by Crippen LogP contribution is -2.47. The van der Waals surface area contributed by atoms with Crippen molar-refractivity contribution in [3.63, 3.8) is 0 Å². The highest BCUT2D eigenvalue weighted by atomic mass is 16.1. The van der Waals surface area contributed by atoms with Crippen LogP contribution in [0, 0.1) is 11.8 Å². The second-order valence-corrected chi connectivity index (χ2v) is 6.91. The molecule has 5 heteroatoms. The summed E-state index contributed by atoms with van der Waals surface area (Å²) in [5, 5.41) is 3.12. The summed E-state index contributed by atoms with van der Waals surface area (Å²) in [5.74, 6) is 0.782. The van der Waals surface area contributed by atoms with Gasteiger partial charge in [0.25, 0.3) is 0 Å². The minimum absolute atomic E-state index is 0.101. The van der Waals surface area contributed by atoms with E-state index in [9.17, 15) is 4.79 Å². The number of carbonyl (C=O) groups excluding carboxylic acids is 1. The number of rotatable bonds is 5. The Bertz CT molecular complexity index is 328. The van der Waals surface area contributed by atoms with Gasteiger partial charge in [-0.1, -0.05) is 13.3 Å². The van der Waals surface area contributed by atoms with Crippen molar-refractivity contribution in [3.8, 4) is 0 Å². The molecule has 2 rings (SSSR count). The van der Waals surface area contributed by atoms with E-state index in [0.717, 1.165) is 58.5 Å². The highest BCUT2D eigenvalue weighted by Crippen LogP contribution is 2.29. The SMILES string of the molecule is CC(C(=O)NCCN1CCN(C)CC1)C1CCCC(N)C1. The van der Waals surface area contributed by atoms with Crippen molar-refractivity contribution in [2.45, 2.75) is 38.6 Å². The maximum absolute atomic E-state index is 12.3. The Morgan fingerprint density at radius 1 is 1.29 bits per heavy atom. The summed E-state index contributed by atoms with van der Waals surface area (Å²) in [6.45, 7) is 8.28. The highest BCUT2D eigenvalue weighted by Gasteiger charge is 2.28. The lowest BCUT2D eigenvalue weighted by molar-refractivity contribution is -0.126. The van der Waals surface area contributed by atoms with Gasteiger partial charge in [0.05, 0.1) is 0 Å². The Morgan fingerprint density at radius 2 is 2.00 bits per heavy atom. The van der Waals surface area contributed by atoms with Crippen molar-refractivity contribution in [1.82, 2.24) is 15.1 Å². The van der Waals surface area contributed by atoms with Crippen LogP contribution in [-0.2, 0) is 4.79 Å². The van der Waals surface area contributed by atoms with Crippen molar-refractivity contribution in [2.75, 3.05) is 46.3 Å². The van der Waals surface area contributed by atoms with Crippen LogP contribution in [0.5, 0.6) is 0 Å². The van der Waals surface area contributed by atoms with Gasteiger partial charge in [0.15, 0.2) is 0 Å². The molecular formula is C16H32N4O. The van der Waals surface area contributed by atoms with E-state index in [-0.39, 0.29) is 11.8 Å². The van der Waals surface area contributed by atoms with Crippen molar-refractivity contribution in [1.29, 1.82) is 0 Å². The third kappa shape index (κ3) is 5.24. The summed E-state index contributed by atoms with van der Waals surface area (Å²) in [6.07, 6.45) is 4.45. The molecule has 1 heterocycles. The highest BCUT2D eigenvalue weighted by molar-refractivity contribution is 5.78. The van der Waals surface area contributed by atoms with E-state index in [1.165, 1.54) is 6.42 Å². The largest absolute Gasteiger partial charge is 0.355 e. The van der Waals surface area contributed by atoms with Crippen LogP contribution in [0.25, 0.3) is 0 Å². The Kier molecular flexibility index (Phi) is 6.45. The number of hydrogen-bond donors (Lipinski definition) is 2. The first-order valence-corrected chi connectivity index (χ1v) is 8.50. The summed E-state index contributed by atoms with van der Waals surface area (Å²) in [7, 11) is 2.16. The minimum Gasteiger partial charge on any atom is -0.355 e. The summed E-state index contributed by atoms with van der Waals surface area (Å²) in [4.78, 5) is 17.0. The van der Waals surface area contributed by atoms with Crippen LogP contribution in [0.4, 0.5) is 0 Å². The first-order valence-electron chi connectivity index (χ1n) is 8.50. The maximum atomic E-state index is 12.3. The molecule has 2 fully saturated rings. The summed E-state index contributed by atoms with van der Waals surface area (Å²) in [5.41, 5.74) is 6.03.